The number of nitrogens with zero attached hydrogens (tertiary/aromatic N) is 1. The van der Waals surface area contributed by atoms with E-state index in [1.54, 1.807) is 0 Å². The van der Waals surface area contributed by atoms with E-state index in [1.165, 1.54) is 17.7 Å². The zero-order valence-electron chi connectivity index (χ0n) is 9.33. The Balaban J connectivity index is 2.73. The number of aliphatic imine (C=N–C) groups is 1. The Morgan fingerprint density at radius 1 is 1.36 bits per heavy atom. The summed E-state index contributed by atoms with van der Waals surface area (Å²) in [6, 6.07) is 0. The highest BCUT2D eigenvalue weighted by atomic mass is 14.8. The largest absolute Gasteiger partial charge is 0.289 e. The van der Waals surface area contributed by atoms with Crippen molar-refractivity contribution in [2.45, 2.75) is 27.2 Å². The molecule has 0 unspecified atom stereocenters. The molecule has 0 saturated heterocycles. The van der Waals surface area contributed by atoms with Crippen LogP contribution in [-0.4, -0.2) is 12.3 Å². The minimum Gasteiger partial charge on any atom is -0.289 e. The Bertz CT molecular complexity index is 292. The van der Waals surface area contributed by atoms with Crippen molar-refractivity contribution in [3.63, 3.8) is 0 Å². The minimum absolute atomic E-state index is 0.622. The standard InChI is InChI=1S/C13H19N/c1-4-6-7-8-12(5-2)13-11(3)9-10-14-13/h4-8,11H,9-10H2,1-3H3/b6-4-,8-7-,12-5+/t11-/m0/s1. The van der Waals surface area contributed by atoms with Gasteiger partial charge in [0.2, 0.25) is 0 Å². The maximum Gasteiger partial charge on any atom is 0.0446 e. The van der Waals surface area contributed by atoms with Gasteiger partial charge in [-0.2, -0.15) is 0 Å². The van der Waals surface area contributed by atoms with Crippen LogP contribution in [0.1, 0.15) is 27.2 Å². The highest BCUT2D eigenvalue weighted by Crippen LogP contribution is 2.19. The predicted octanol–water partition coefficient (Wildman–Crippen LogP) is 3.55. The van der Waals surface area contributed by atoms with Gasteiger partial charge in [0.25, 0.3) is 0 Å². The van der Waals surface area contributed by atoms with E-state index >= 15 is 0 Å². The smallest absolute Gasteiger partial charge is 0.0446 e. The lowest BCUT2D eigenvalue weighted by atomic mass is 9.97. The maximum atomic E-state index is 4.54. The lowest BCUT2D eigenvalue weighted by Crippen LogP contribution is -2.07. The van der Waals surface area contributed by atoms with E-state index in [4.69, 9.17) is 0 Å². The summed E-state index contributed by atoms with van der Waals surface area (Å²) in [4.78, 5) is 4.54. The summed E-state index contributed by atoms with van der Waals surface area (Å²) in [5.74, 6) is 0.622. The first-order valence-corrected chi connectivity index (χ1v) is 5.30. The predicted molar refractivity (Wildman–Crippen MR) is 63.8 cm³/mol. The fraction of sp³-hybridized carbons (Fsp3) is 0.462. The van der Waals surface area contributed by atoms with Crippen molar-refractivity contribution >= 4 is 5.71 Å². The van der Waals surface area contributed by atoms with Crippen LogP contribution in [0.4, 0.5) is 0 Å². The van der Waals surface area contributed by atoms with E-state index < -0.39 is 0 Å². The van der Waals surface area contributed by atoms with E-state index in [0.29, 0.717) is 5.92 Å². The third-order valence-electron chi connectivity index (χ3n) is 2.50. The molecule has 1 aliphatic rings. The summed E-state index contributed by atoms with van der Waals surface area (Å²) in [5, 5.41) is 0. The normalized spacial score (nSPS) is 23.8. The van der Waals surface area contributed by atoms with Crippen LogP contribution in [-0.2, 0) is 0 Å². The molecule has 76 valence electrons. The van der Waals surface area contributed by atoms with Crippen LogP contribution >= 0.6 is 0 Å². The first kappa shape index (κ1) is 11.0. The van der Waals surface area contributed by atoms with Crippen LogP contribution in [0.15, 0.2) is 40.9 Å². The van der Waals surface area contributed by atoms with Crippen molar-refractivity contribution in [2.75, 3.05) is 6.54 Å². The van der Waals surface area contributed by atoms with Gasteiger partial charge in [0.05, 0.1) is 0 Å². The second-order valence-corrected chi connectivity index (χ2v) is 3.59. The first-order chi connectivity index (χ1) is 6.79. The SMILES string of the molecule is C\C=C/C=C\C(=C/C)C1=NCC[C@@H]1C. The molecule has 0 aromatic carbocycles. The number of hydrogen-bond donors (Lipinski definition) is 0. The molecule has 0 aromatic heterocycles. The van der Waals surface area contributed by atoms with E-state index in [2.05, 4.69) is 37.1 Å². The molecule has 1 rings (SSSR count). The summed E-state index contributed by atoms with van der Waals surface area (Å²) in [7, 11) is 0. The van der Waals surface area contributed by atoms with Crippen LogP contribution in [0.3, 0.4) is 0 Å². The van der Waals surface area contributed by atoms with Crippen LogP contribution in [0.5, 0.6) is 0 Å². The molecule has 0 radical (unpaired) electrons. The molecule has 0 N–H and O–H groups in total. The van der Waals surface area contributed by atoms with Crippen molar-refractivity contribution < 1.29 is 0 Å². The first-order valence-electron chi connectivity index (χ1n) is 5.30. The molecule has 0 aliphatic carbocycles. The number of allylic oxidation sites excluding steroid dienone is 6. The lowest BCUT2D eigenvalue weighted by molar-refractivity contribution is 0.750. The Kier molecular flexibility index (Phi) is 4.37. The molecule has 1 heterocycles. The summed E-state index contributed by atoms with van der Waals surface area (Å²) in [6.07, 6.45) is 11.6. The van der Waals surface area contributed by atoms with Gasteiger partial charge in [-0.25, -0.2) is 0 Å². The van der Waals surface area contributed by atoms with Gasteiger partial charge in [-0.05, 0) is 25.8 Å². The molecular weight excluding hydrogens is 170 g/mol. The Morgan fingerprint density at radius 2 is 2.14 bits per heavy atom. The molecule has 1 aliphatic heterocycles. The van der Waals surface area contributed by atoms with Gasteiger partial charge < -0.3 is 0 Å². The van der Waals surface area contributed by atoms with Gasteiger partial charge in [-0.1, -0.05) is 37.3 Å². The van der Waals surface area contributed by atoms with Gasteiger partial charge in [0, 0.05) is 18.2 Å². The van der Waals surface area contributed by atoms with Crippen LogP contribution in [0.2, 0.25) is 0 Å². The molecule has 14 heavy (non-hydrogen) atoms. The Hall–Kier alpha value is -1.11. The lowest BCUT2D eigenvalue weighted by Gasteiger charge is -2.06. The van der Waals surface area contributed by atoms with Crippen molar-refractivity contribution in [3.8, 4) is 0 Å². The minimum atomic E-state index is 0.622. The van der Waals surface area contributed by atoms with Crippen molar-refractivity contribution in [3.05, 3.63) is 36.0 Å². The molecule has 0 amide bonds. The maximum absolute atomic E-state index is 4.54. The van der Waals surface area contributed by atoms with Crippen LogP contribution < -0.4 is 0 Å². The highest BCUT2D eigenvalue weighted by molar-refractivity contribution is 6.04. The average molecular weight is 189 g/mol. The van der Waals surface area contributed by atoms with Crippen molar-refractivity contribution in [1.29, 1.82) is 0 Å². The molecule has 1 heteroatoms. The van der Waals surface area contributed by atoms with Crippen molar-refractivity contribution in [1.82, 2.24) is 0 Å². The van der Waals surface area contributed by atoms with Crippen LogP contribution in [0.25, 0.3) is 0 Å². The molecule has 0 aromatic rings. The van der Waals surface area contributed by atoms with Gasteiger partial charge >= 0.3 is 0 Å². The molecule has 1 nitrogen and oxygen atoms in total. The van der Waals surface area contributed by atoms with Gasteiger partial charge in [-0.3, -0.25) is 4.99 Å². The number of rotatable bonds is 3. The Labute approximate surface area is 86.9 Å². The quantitative estimate of drug-likeness (QED) is 0.602. The Morgan fingerprint density at radius 3 is 2.64 bits per heavy atom. The zero-order chi connectivity index (χ0) is 10.4. The van der Waals surface area contributed by atoms with E-state index in [9.17, 15) is 0 Å². The third kappa shape index (κ3) is 2.69. The second kappa shape index (κ2) is 5.58. The molecule has 0 fully saturated rings. The summed E-state index contributed by atoms with van der Waals surface area (Å²) < 4.78 is 0. The van der Waals surface area contributed by atoms with E-state index in [1.807, 2.05) is 19.1 Å². The zero-order valence-corrected chi connectivity index (χ0v) is 9.33. The number of hydrogen-bond acceptors (Lipinski definition) is 1. The van der Waals surface area contributed by atoms with Gasteiger partial charge in [-0.15, -0.1) is 0 Å². The third-order valence-corrected chi connectivity index (χ3v) is 2.50. The fourth-order valence-corrected chi connectivity index (χ4v) is 1.65. The molecule has 0 spiro atoms. The van der Waals surface area contributed by atoms with E-state index in [-0.39, 0.29) is 0 Å². The summed E-state index contributed by atoms with van der Waals surface area (Å²) >= 11 is 0. The van der Waals surface area contributed by atoms with Crippen molar-refractivity contribution in [2.24, 2.45) is 10.9 Å². The second-order valence-electron chi connectivity index (χ2n) is 3.59. The van der Waals surface area contributed by atoms with E-state index in [0.717, 1.165) is 6.54 Å². The average Bonchev–Trinajstić information content (AvgIpc) is 2.60. The highest BCUT2D eigenvalue weighted by Gasteiger charge is 2.17. The molecular formula is C13H19N. The summed E-state index contributed by atoms with van der Waals surface area (Å²) in [6.45, 7) is 7.34. The van der Waals surface area contributed by atoms with Crippen LogP contribution in [0, 0.1) is 5.92 Å². The topological polar surface area (TPSA) is 12.4 Å². The van der Waals surface area contributed by atoms with Gasteiger partial charge in [0.15, 0.2) is 0 Å². The molecule has 0 bridgehead atoms. The fourth-order valence-electron chi connectivity index (χ4n) is 1.65. The van der Waals surface area contributed by atoms with Gasteiger partial charge in [0.1, 0.15) is 0 Å². The monoisotopic (exact) mass is 189 g/mol. The summed E-state index contributed by atoms with van der Waals surface area (Å²) in [5.41, 5.74) is 2.54. The molecule has 0 saturated carbocycles. The molecule has 1 atom stereocenters.